The largest absolute Gasteiger partial charge is 0.396 e. The van der Waals surface area contributed by atoms with E-state index in [9.17, 15) is 29.7 Å². The summed E-state index contributed by atoms with van der Waals surface area (Å²) in [7, 11) is 0. The molecule has 0 bridgehead atoms. The highest BCUT2D eigenvalue weighted by atomic mass is 16.3. The number of allylic oxidation sites excluding steroid dienone is 3. The van der Waals surface area contributed by atoms with Crippen LogP contribution in [-0.2, 0) is 14.4 Å². The maximum absolute atomic E-state index is 12.2. The summed E-state index contributed by atoms with van der Waals surface area (Å²) in [6.45, 7) is 7.76. The molecule has 0 aliphatic heterocycles. The average molecular weight is 296 g/mol. The molecule has 6 heteroatoms. The molecule has 0 saturated carbocycles. The minimum Gasteiger partial charge on any atom is -0.396 e. The van der Waals surface area contributed by atoms with Crippen molar-refractivity contribution in [2.45, 2.75) is 0 Å². The van der Waals surface area contributed by atoms with Gasteiger partial charge < -0.3 is 15.3 Å². The second-order valence-corrected chi connectivity index (χ2v) is 4.43. The van der Waals surface area contributed by atoms with E-state index in [4.69, 9.17) is 0 Å². The normalized spacial score (nSPS) is 12.6. The Bertz CT molecular complexity index is 397. The number of hydrogen-bond donors (Lipinski definition) is 3. The molecule has 1 unspecified atom stereocenters. The van der Waals surface area contributed by atoms with Gasteiger partial charge in [0.1, 0.15) is 0 Å². The summed E-state index contributed by atoms with van der Waals surface area (Å²) in [5.74, 6) is -5.20. The van der Waals surface area contributed by atoms with Crippen molar-refractivity contribution in [1.29, 1.82) is 0 Å². The summed E-state index contributed by atoms with van der Waals surface area (Å²) in [4.78, 5) is 36.7. The third-order valence-electron chi connectivity index (χ3n) is 3.51. The molecule has 0 saturated heterocycles. The first-order chi connectivity index (χ1) is 9.91. The molecule has 6 nitrogen and oxygen atoms in total. The van der Waals surface area contributed by atoms with Crippen LogP contribution in [0.5, 0.6) is 0 Å². The standard InChI is InChI=1S/C15H20O6/c1-4-12(19)15(13(20)5-2,14(21)6-3)11(9-18)10(7-16)8-17/h4-6,10-11,16-18H,1-3,7-9H2. The summed E-state index contributed by atoms with van der Waals surface area (Å²) < 4.78 is 0. The van der Waals surface area contributed by atoms with E-state index in [-0.39, 0.29) is 0 Å². The summed E-state index contributed by atoms with van der Waals surface area (Å²) in [5, 5.41) is 28.1. The molecular formula is C15H20O6. The highest BCUT2D eigenvalue weighted by Crippen LogP contribution is 2.37. The van der Waals surface area contributed by atoms with Crippen molar-refractivity contribution >= 4 is 17.3 Å². The first-order valence-corrected chi connectivity index (χ1v) is 6.25. The summed E-state index contributed by atoms with van der Waals surface area (Å²) >= 11 is 0. The van der Waals surface area contributed by atoms with Crippen molar-refractivity contribution in [2.24, 2.45) is 17.3 Å². The summed E-state index contributed by atoms with van der Waals surface area (Å²) in [5.41, 5.74) is -2.32. The number of carbonyl (C=O) groups excluding carboxylic acids is 3. The third kappa shape index (κ3) is 3.24. The van der Waals surface area contributed by atoms with Gasteiger partial charge in [-0.1, -0.05) is 19.7 Å². The Balaban J connectivity index is 6.44. The Hall–Kier alpha value is -1.89. The fourth-order valence-electron chi connectivity index (χ4n) is 2.35. The molecule has 0 rings (SSSR count). The van der Waals surface area contributed by atoms with Crippen LogP contribution in [0.3, 0.4) is 0 Å². The maximum atomic E-state index is 12.2. The van der Waals surface area contributed by atoms with Gasteiger partial charge in [0.2, 0.25) is 0 Å². The van der Waals surface area contributed by atoms with Crippen LogP contribution in [0, 0.1) is 17.3 Å². The second kappa shape index (κ2) is 8.41. The average Bonchev–Trinajstić information content (AvgIpc) is 2.53. The van der Waals surface area contributed by atoms with E-state index in [1.807, 2.05) is 0 Å². The van der Waals surface area contributed by atoms with Gasteiger partial charge in [-0.25, -0.2) is 0 Å². The SMILES string of the molecule is C=CC(=O)C(C(=O)C=C)(C(=O)C=C)C(CO)C(CO)CO. The Labute approximate surface area is 123 Å². The van der Waals surface area contributed by atoms with E-state index in [1.54, 1.807) is 0 Å². The zero-order valence-corrected chi connectivity index (χ0v) is 11.7. The van der Waals surface area contributed by atoms with Crippen LogP contribution in [0.1, 0.15) is 0 Å². The minimum atomic E-state index is -2.32. The lowest BCUT2D eigenvalue weighted by Gasteiger charge is -2.37. The zero-order chi connectivity index (χ0) is 16.6. The number of ketones is 3. The highest BCUT2D eigenvalue weighted by molar-refractivity contribution is 6.31. The molecule has 0 aromatic carbocycles. The first kappa shape index (κ1) is 19.1. The molecule has 0 heterocycles. The second-order valence-electron chi connectivity index (χ2n) is 4.43. The van der Waals surface area contributed by atoms with E-state index in [0.29, 0.717) is 0 Å². The molecule has 0 aliphatic rings. The predicted molar refractivity (Wildman–Crippen MR) is 76.3 cm³/mol. The van der Waals surface area contributed by atoms with Crippen molar-refractivity contribution < 1.29 is 29.7 Å². The van der Waals surface area contributed by atoms with Crippen LogP contribution >= 0.6 is 0 Å². The van der Waals surface area contributed by atoms with Gasteiger partial charge in [-0.15, -0.1) is 0 Å². The van der Waals surface area contributed by atoms with Gasteiger partial charge in [-0.2, -0.15) is 0 Å². The van der Waals surface area contributed by atoms with Gasteiger partial charge in [0.25, 0.3) is 0 Å². The molecule has 0 aromatic heterocycles. The first-order valence-electron chi connectivity index (χ1n) is 6.25. The molecule has 0 fully saturated rings. The van der Waals surface area contributed by atoms with Gasteiger partial charge in [0, 0.05) is 31.7 Å². The van der Waals surface area contributed by atoms with Crippen molar-refractivity contribution in [2.75, 3.05) is 19.8 Å². The number of aliphatic hydroxyl groups excluding tert-OH is 3. The number of carbonyl (C=O) groups is 3. The number of aliphatic hydroxyl groups is 3. The molecule has 0 aromatic rings. The van der Waals surface area contributed by atoms with Crippen LogP contribution < -0.4 is 0 Å². The van der Waals surface area contributed by atoms with E-state index in [2.05, 4.69) is 19.7 Å². The Kier molecular flexibility index (Phi) is 7.65. The highest BCUT2D eigenvalue weighted by Gasteiger charge is 2.56. The molecule has 116 valence electrons. The monoisotopic (exact) mass is 296 g/mol. The van der Waals surface area contributed by atoms with E-state index in [0.717, 1.165) is 18.2 Å². The van der Waals surface area contributed by atoms with Gasteiger partial charge in [0.05, 0.1) is 0 Å². The maximum Gasteiger partial charge on any atom is 0.177 e. The molecule has 1 atom stereocenters. The van der Waals surface area contributed by atoms with Crippen LogP contribution in [0.2, 0.25) is 0 Å². The molecule has 0 aliphatic carbocycles. The fourth-order valence-corrected chi connectivity index (χ4v) is 2.35. The van der Waals surface area contributed by atoms with Crippen molar-refractivity contribution in [3.63, 3.8) is 0 Å². The molecule has 21 heavy (non-hydrogen) atoms. The van der Waals surface area contributed by atoms with E-state index < -0.39 is 54.4 Å². The number of hydrogen-bond acceptors (Lipinski definition) is 6. The Morgan fingerprint density at radius 3 is 1.33 bits per heavy atom. The molecule has 0 radical (unpaired) electrons. The lowest BCUT2D eigenvalue weighted by Crippen LogP contribution is -2.54. The summed E-state index contributed by atoms with van der Waals surface area (Å²) in [6.07, 6.45) is 2.37. The van der Waals surface area contributed by atoms with Crippen LogP contribution in [0.25, 0.3) is 0 Å². The van der Waals surface area contributed by atoms with Gasteiger partial charge in [-0.3, -0.25) is 14.4 Å². The quantitative estimate of drug-likeness (QED) is 0.348. The predicted octanol–water partition coefficient (Wildman–Crippen LogP) is -0.553. The molecule has 0 amide bonds. The topological polar surface area (TPSA) is 112 Å². The zero-order valence-electron chi connectivity index (χ0n) is 11.7. The van der Waals surface area contributed by atoms with Crippen LogP contribution in [0.4, 0.5) is 0 Å². The Morgan fingerprint density at radius 2 is 1.14 bits per heavy atom. The van der Waals surface area contributed by atoms with E-state index >= 15 is 0 Å². The van der Waals surface area contributed by atoms with Gasteiger partial charge in [0.15, 0.2) is 22.8 Å². The van der Waals surface area contributed by atoms with Gasteiger partial charge in [-0.05, 0) is 18.2 Å². The Morgan fingerprint density at radius 1 is 0.810 bits per heavy atom. The third-order valence-corrected chi connectivity index (χ3v) is 3.51. The number of rotatable bonds is 11. The van der Waals surface area contributed by atoms with Crippen LogP contribution in [-0.4, -0.2) is 52.5 Å². The van der Waals surface area contributed by atoms with Crippen molar-refractivity contribution in [3.8, 4) is 0 Å². The molecule has 3 N–H and O–H groups in total. The van der Waals surface area contributed by atoms with Gasteiger partial charge >= 0.3 is 0 Å². The fraction of sp³-hybridized carbons (Fsp3) is 0.400. The van der Waals surface area contributed by atoms with E-state index in [1.165, 1.54) is 0 Å². The summed E-state index contributed by atoms with van der Waals surface area (Å²) in [6, 6.07) is 0. The van der Waals surface area contributed by atoms with Crippen molar-refractivity contribution in [1.82, 2.24) is 0 Å². The minimum absolute atomic E-state index is 0.622. The lowest BCUT2D eigenvalue weighted by atomic mass is 9.62. The van der Waals surface area contributed by atoms with Crippen molar-refractivity contribution in [3.05, 3.63) is 38.0 Å². The smallest absolute Gasteiger partial charge is 0.177 e. The lowest BCUT2D eigenvalue weighted by molar-refractivity contribution is -0.151. The molecular weight excluding hydrogens is 276 g/mol. The molecule has 0 spiro atoms. The van der Waals surface area contributed by atoms with Crippen LogP contribution in [0.15, 0.2) is 38.0 Å².